The van der Waals surface area contributed by atoms with Crippen LogP contribution in [-0.2, 0) is 6.42 Å². The molecule has 1 aromatic carbocycles. The molecule has 0 heterocycles. The normalized spacial score (nSPS) is 11.8. The summed E-state index contributed by atoms with van der Waals surface area (Å²) in [6.45, 7) is 2.51. The van der Waals surface area contributed by atoms with E-state index >= 15 is 0 Å². The van der Waals surface area contributed by atoms with Gasteiger partial charge in [-0.3, -0.25) is 10.1 Å². The zero-order chi connectivity index (χ0) is 12.0. The number of rotatable bonds is 5. The van der Waals surface area contributed by atoms with Crippen molar-refractivity contribution in [2.75, 3.05) is 6.54 Å². The Morgan fingerprint density at radius 3 is 2.88 bits per heavy atom. The predicted molar refractivity (Wildman–Crippen MR) is 63.1 cm³/mol. The third-order valence-corrected chi connectivity index (χ3v) is 2.28. The number of nitro benzene ring substituents is 1. The van der Waals surface area contributed by atoms with Gasteiger partial charge >= 0.3 is 0 Å². The van der Waals surface area contributed by atoms with Crippen LogP contribution in [0.2, 0.25) is 0 Å². The number of nitrogens with zero attached hydrogens (tertiary/aromatic N) is 1. The van der Waals surface area contributed by atoms with Crippen LogP contribution in [0.1, 0.15) is 12.5 Å². The summed E-state index contributed by atoms with van der Waals surface area (Å²) in [5.74, 6) is 2.54. The summed E-state index contributed by atoms with van der Waals surface area (Å²) >= 11 is 0. The summed E-state index contributed by atoms with van der Waals surface area (Å²) in [6, 6.07) is 6.73. The second-order valence-electron chi connectivity index (χ2n) is 3.48. The van der Waals surface area contributed by atoms with E-state index in [1.807, 2.05) is 6.92 Å². The molecule has 0 aliphatic rings. The van der Waals surface area contributed by atoms with E-state index < -0.39 is 0 Å². The highest BCUT2D eigenvalue weighted by Gasteiger charge is 2.11. The molecule has 0 aromatic heterocycles. The Balaban J connectivity index is 2.61. The lowest BCUT2D eigenvalue weighted by atomic mass is 10.1. The van der Waals surface area contributed by atoms with Crippen molar-refractivity contribution in [3.63, 3.8) is 0 Å². The van der Waals surface area contributed by atoms with Crippen molar-refractivity contribution < 1.29 is 4.92 Å². The average molecular weight is 218 g/mol. The van der Waals surface area contributed by atoms with E-state index in [2.05, 4.69) is 11.2 Å². The highest BCUT2D eigenvalue weighted by molar-refractivity contribution is 5.39. The fraction of sp³-hybridized carbons (Fsp3) is 0.333. The zero-order valence-electron chi connectivity index (χ0n) is 9.14. The first-order valence-corrected chi connectivity index (χ1v) is 5.07. The van der Waals surface area contributed by atoms with Crippen molar-refractivity contribution in [2.24, 2.45) is 0 Å². The molecule has 1 N–H and O–H groups in total. The molecule has 16 heavy (non-hydrogen) atoms. The molecular weight excluding hydrogens is 204 g/mol. The van der Waals surface area contributed by atoms with Gasteiger partial charge in [0.2, 0.25) is 0 Å². The van der Waals surface area contributed by atoms with Gasteiger partial charge in [0.25, 0.3) is 5.69 Å². The molecule has 84 valence electrons. The van der Waals surface area contributed by atoms with Crippen LogP contribution in [0.25, 0.3) is 0 Å². The maximum atomic E-state index is 10.7. The molecule has 1 atom stereocenters. The van der Waals surface area contributed by atoms with E-state index in [9.17, 15) is 10.1 Å². The molecule has 0 fully saturated rings. The van der Waals surface area contributed by atoms with Crippen molar-refractivity contribution in [1.82, 2.24) is 5.32 Å². The van der Waals surface area contributed by atoms with Crippen LogP contribution < -0.4 is 5.32 Å². The zero-order valence-corrected chi connectivity index (χ0v) is 9.14. The van der Waals surface area contributed by atoms with E-state index in [0.29, 0.717) is 13.0 Å². The van der Waals surface area contributed by atoms with Crippen molar-refractivity contribution in [3.05, 3.63) is 39.9 Å². The summed E-state index contributed by atoms with van der Waals surface area (Å²) in [5, 5.41) is 13.8. The second kappa shape index (κ2) is 5.89. The van der Waals surface area contributed by atoms with Gasteiger partial charge in [-0.15, -0.1) is 6.42 Å². The summed E-state index contributed by atoms with van der Waals surface area (Å²) in [5.41, 5.74) is 0.891. The van der Waals surface area contributed by atoms with Crippen LogP contribution in [0.15, 0.2) is 24.3 Å². The van der Waals surface area contributed by atoms with Crippen LogP contribution in [0.4, 0.5) is 5.69 Å². The topological polar surface area (TPSA) is 55.2 Å². The summed E-state index contributed by atoms with van der Waals surface area (Å²) in [6.07, 6.45) is 5.81. The van der Waals surface area contributed by atoms with Gasteiger partial charge in [-0.05, 0) is 13.3 Å². The van der Waals surface area contributed by atoms with Gasteiger partial charge in [0.05, 0.1) is 11.0 Å². The standard InChI is InChI=1S/C12H14N2O2/c1-3-10(2)13-9-8-11-6-4-5-7-12(11)14(15)16/h1,4-7,10,13H,8-9H2,2H3. The first kappa shape index (κ1) is 12.2. The molecule has 4 heteroatoms. The fourth-order valence-electron chi connectivity index (χ4n) is 1.38. The maximum Gasteiger partial charge on any atom is 0.272 e. The summed E-state index contributed by atoms with van der Waals surface area (Å²) in [4.78, 5) is 10.4. The lowest BCUT2D eigenvalue weighted by Crippen LogP contribution is -2.26. The fourth-order valence-corrected chi connectivity index (χ4v) is 1.38. The molecule has 0 aliphatic carbocycles. The maximum absolute atomic E-state index is 10.7. The molecule has 1 aromatic rings. The molecule has 0 aliphatic heterocycles. The molecular formula is C12H14N2O2. The van der Waals surface area contributed by atoms with Crippen molar-refractivity contribution in [3.8, 4) is 12.3 Å². The van der Waals surface area contributed by atoms with Crippen LogP contribution in [0.3, 0.4) is 0 Å². The Morgan fingerprint density at radius 2 is 2.25 bits per heavy atom. The average Bonchev–Trinajstić information content (AvgIpc) is 2.29. The number of para-hydroxylation sites is 1. The van der Waals surface area contributed by atoms with E-state index in [1.54, 1.807) is 18.2 Å². The quantitative estimate of drug-likeness (QED) is 0.465. The highest BCUT2D eigenvalue weighted by atomic mass is 16.6. The molecule has 0 amide bonds. The number of benzene rings is 1. The summed E-state index contributed by atoms with van der Waals surface area (Å²) in [7, 11) is 0. The molecule has 4 nitrogen and oxygen atoms in total. The number of nitrogens with one attached hydrogen (secondary N) is 1. The monoisotopic (exact) mass is 218 g/mol. The van der Waals surface area contributed by atoms with Crippen LogP contribution in [-0.4, -0.2) is 17.5 Å². The number of nitro groups is 1. The molecule has 0 bridgehead atoms. The Labute approximate surface area is 94.8 Å². The SMILES string of the molecule is C#CC(C)NCCc1ccccc1[N+](=O)[O-]. The minimum atomic E-state index is -0.361. The second-order valence-corrected chi connectivity index (χ2v) is 3.48. The third kappa shape index (κ3) is 3.37. The van der Waals surface area contributed by atoms with Crippen molar-refractivity contribution >= 4 is 5.69 Å². The van der Waals surface area contributed by atoms with Gasteiger partial charge in [-0.1, -0.05) is 24.1 Å². The number of hydrogen-bond acceptors (Lipinski definition) is 3. The number of terminal acetylenes is 1. The van der Waals surface area contributed by atoms with Crippen molar-refractivity contribution in [1.29, 1.82) is 0 Å². The van der Waals surface area contributed by atoms with Crippen molar-refractivity contribution in [2.45, 2.75) is 19.4 Å². The van der Waals surface area contributed by atoms with Gasteiger partial charge in [-0.25, -0.2) is 0 Å². The first-order chi connectivity index (χ1) is 7.65. The summed E-state index contributed by atoms with van der Waals surface area (Å²) < 4.78 is 0. The van der Waals surface area contributed by atoms with Gasteiger partial charge in [0, 0.05) is 18.2 Å². The van der Waals surface area contributed by atoms with E-state index in [0.717, 1.165) is 5.56 Å². The molecule has 0 saturated carbocycles. The minimum Gasteiger partial charge on any atom is -0.304 e. The smallest absolute Gasteiger partial charge is 0.272 e. The van der Waals surface area contributed by atoms with Crippen LogP contribution in [0, 0.1) is 22.5 Å². The van der Waals surface area contributed by atoms with E-state index in [1.165, 1.54) is 6.07 Å². The Hall–Kier alpha value is -1.86. The first-order valence-electron chi connectivity index (χ1n) is 5.07. The largest absolute Gasteiger partial charge is 0.304 e. The van der Waals surface area contributed by atoms with E-state index in [4.69, 9.17) is 6.42 Å². The molecule has 1 unspecified atom stereocenters. The van der Waals surface area contributed by atoms with Gasteiger partial charge in [0.1, 0.15) is 0 Å². The third-order valence-electron chi connectivity index (χ3n) is 2.28. The minimum absolute atomic E-state index is 0.0113. The van der Waals surface area contributed by atoms with Crippen LogP contribution >= 0.6 is 0 Å². The van der Waals surface area contributed by atoms with E-state index in [-0.39, 0.29) is 16.7 Å². The van der Waals surface area contributed by atoms with Gasteiger partial charge in [-0.2, -0.15) is 0 Å². The highest BCUT2D eigenvalue weighted by Crippen LogP contribution is 2.17. The molecule has 1 rings (SSSR count). The Bertz CT molecular complexity index is 410. The number of hydrogen-bond donors (Lipinski definition) is 1. The van der Waals surface area contributed by atoms with Crippen LogP contribution in [0.5, 0.6) is 0 Å². The molecule has 0 radical (unpaired) electrons. The lowest BCUT2D eigenvalue weighted by molar-refractivity contribution is -0.385. The Kier molecular flexibility index (Phi) is 4.49. The Morgan fingerprint density at radius 1 is 1.56 bits per heavy atom. The van der Waals surface area contributed by atoms with Gasteiger partial charge < -0.3 is 5.32 Å². The molecule has 0 saturated heterocycles. The molecule has 0 spiro atoms. The van der Waals surface area contributed by atoms with Gasteiger partial charge in [0.15, 0.2) is 0 Å². The predicted octanol–water partition coefficient (Wildman–Crippen LogP) is 1.75. The lowest BCUT2D eigenvalue weighted by Gasteiger charge is -2.07.